The Morgan fingerprint density at radius 3 is 2.67 bits per heavy atom. The van der Waals surface area contributed by atoms with Gasteiger partial charge in [-0.15, -0.1) is 0 Å². The summed E-state index contributed by atoms with van der Waals surface area (Å²) >= 11 is 0. The first-order valence-electron chi connectivity index (χ1n) is 5.89. The molecule has 0 saturated carbocycles. The quantitative estimate of drug-likeness (QED) is 0.598. The number of fused-ring (bicyclic) bond motifs is 1. The maximum atomic E-state index is 11.8. The molecule has 2 rings (SSSR count). The number of piperidine rings is 1. The van der Waals surface area contributed by atoms with Gasteiger partial charge in [-0.05, 0) is 31.1 Å². The van der Waals surface area contributed by atoms with Crippen LogP contribution in [0.3, 0.4) is 0 Å². The summed E-state index contributed by atoms with van der Waals surface area (Å²) in [6, 6.07) is 0.385. The number of amides is 1. The first kappa shape index (κ1) is 10.7. The van der Waals surface area contributed by atoms with Gasteiger partial charge in [0.25, 0.3) is 0 Å². The molecule has 84 valence electrons. The lowest BCUT2D eigenvalue weighted by Crippen LogP contribution is -2.44. The van der Waals surface area contributed by atoms with Crippen LogP contribution in [0.5, 0.6) is 0 Å². The van der Waals surface area contributed by atoms with E-state index < -0.39 is 0 Å². The summed E-state index contributed by atoms with van der Waals surface area (Å²) in [6.07, 6.45) is 4.46. The Balaban J connectivity index is 2.11. The molecule has 15 heavy (non-hydrogen) atoms. The molecule has 2 unspecified atom stereocenters. The average molecular weight is 207 g/mol. The zero-order chi connectivity index (χ0) is 11.2. The Morgan fingerprint density at radius 2 is 2.07 bits per heavy atom. The lowest BCUT2D eigenvalue weighted by Gasteiger charge is -2.40. The van der Waals surface area contributed by atoms with Crippen LogP contribution in [0.1, 0.15) is 40.5 Å². The van der Waals surface area contributed by atoms with Crippen molar-refractivity contribution in [2.75, 3.05) is 6.54 Å². The van der Waals surface area contributed by atoms with Gasteiger partial charge in [0.1, 0.15) is 0 Å². The minimum atomic E-state index is 0.257. The molecule has 0 aromatic rings. The van der Waals surface area contributed by atoms with E-state index in [0.717, 1.165) is 30.9 Å². The van der Waals surface area contributed by atoms with Crippen LogP contribution in [0.15, 0.2) is 11.6 Å². The predicted octanol–water partition coefficient (Wildman–Crippen LogP) is 2.60. The summed E-state index contributed by atoms with van der Waals surface area (Å²) < 4.78 is 0. The summed E-state index contributed by atoms with van der Waals surface area (Å²) in [6.45, 7) is 9.80. The van der Waals surface area contributed by atoms with Gasteiger partial charge in [0.2, 0.25) is 5.91 Å². The summed E-state index contributed by atoms with van der Waals surface area (Å²) in [5.74, 6) is 1.00. The normalized spacial score (nSPS) is 31.6. The SMILES string of the molecule is CC1=CC2CC(C(C)(C)C)CCN2C1=O. The van der Waals surface area contributed by atoms with E-state index in [1.807, 2.05) is 11.8 Å². The van der Waals surface area contributed by atoms with Crippen LogP contribution < -0.4 is 0 Å². The molecule has 1 fully saturated rings. The van der Waals surface area contributed by atoms with E-state index in [1.165, 1.54) is 0 Å². The zero-order valence-electron chi connectivity index (χ0n) is 10.2. The smallest absolute Gasteiger partial charge is 0.249 e. The van der Waals surface area contributed by atoms with E-state index >= 15 is 0 Å². The van der Waals surface area contributed by atoms with E-state index in [2.05, 4.69) is 26.8 Å². The molecule has 2 aliphatic heterocycles. The van der Waals surface area contributed by atoms with Gasteiger partial charge in [0.15, 0.2) is 0 Å². The molecule has 1 saturated heterocycles. The molecule has 0 bridgehead atoms. The molecule has 0 spiro atoms. The lowest BCUT2D eigenvalue weighted by atomic mass is 9.73. The highest BCUT2D eigenvalue weighted by Gasteiger charge is 2.38. The van der Waals surface area contributed by atoms with Crippen molar-refractivity contribution in [2.24, 2.45) is 11.3 Å². The number of carbonyl (C=O) groups excluding carboxylic acids is 1. The van der Waals surface area contributed by atoms with E-state index in [-0.39, 0.29) is 5.91 Å². The Bertz CT molecular complexity index is 311. The highest BCUT2D eigenvalue weighted by Crippen LogP contribution is 2.39. The Kier molecular flexibility index (Phi) is 2.40. The van der Waals surface area contributed by atoms with Crippen molar-refractivity contribution in [3.63, 3.8) is 0 Å². The van der Waals surface area contributed by atoms with E-state index in [9.17, 15) is 4.79 Å². The second-order valence-corrected chi connectivity index (χ2v) is 6.00. The predicted molar refractivity (Wildman–Crippen MR) is 61.4 cm³/mol. The van der Waals surface area contributed by atoms with E-state index in [1.54, 1.807) is 0 Å². The highest BCUT2D eigenvalue weighted by atomic mass is 16.2. The molecule has 2 atom stereocenters. The lowest BCUT2D eigenvalue weighted by molar-refractivity contribution is -0.129. The molecule has 0 aromatic carbocycles. The fraction of sp³-hybridized carbons (Fsp3) is 0.769. The molecular weight excluding hydrogens is 186 g/mol. The average Bonchev–Trinajstić information content (AvgIpc) is 2.41. The van der Waals surface area contributed by atoms with Gasteiger partial charge in [-0.1, -0.05) is 26.8 Å². The van der Waals surface area contributed by atoms with Crippen LogP contribution in [0, 0.1) is 11.3 Å². The van der Waals surface area contributed by atoms with Crippen molar-refractivity contribution in [3.05, 3.63) is 11.6 Å². The van der Waals surface area contributed by atoms with Crippen LogP contribution in [0.4, 0.5) is 0 Å². The van der Waals surface area contributed by atoms with Crippen LogP contribution in [0.2, 0.25) is 0 Å². The Morgan fingerprint density at radius 1 is 1.40 bits per heavy atom. The van der Waals surface area contributed by atoms with Crippen LogP contribution >= 0.6 is 0 Å². The van der Waals surface area contributed by atoms with Crippen LogP contribution in [-0.4, -0.2) is 23.4 Å². The molecular formula is C13H21NO. The molecule has 2 heterocycles. The molecule has 2 heteroatoms. The van der Waals surface area contributed by atoms with Crippen molar-refractivity contribution in [1.29, 1.82) is 0 Å². The largest absolute Gasteiger partial charge is 0.332 e. The molecule has 0 aromatic heterocycles. The van der Waals surface area contributed by atoms with E-state index in [0.29, 0.717) is 11.5 Å². The van der Waals surface area contributed by atoms with Crippen molar-refractivity contribution in [1.82, 2.24) is 4.90 Å². The van der Waals surface area contributed by atoms with Crippen molar-refractivity contribution >= 4 is 5.91 Å². The highest BCUT2D eigenvalue weighted by molar-refractivity contribution is 5.95. The summed E-state index contributed by atoms with van der Waals surface area (Å²) in [7, 11) is 0. The third kappa shape index (κ3) is 1.82. The maximum Gasteiger partial charge on any atom is 0.249 e. The molecule has 1 amide bonds. The number of hydrogen-bond donors (Lipinski definition) is 0. The number of hydrogen-bond acceptors (Lipinski definition) is 1. The molecule has 2 nitrogen and oxygen atoms in total. The number of nitrogens with zero attached hydrogens (tertiary/aromatic N) is 1. The summed E-state index contributed by atoms with van der Waals surface area (Å²) in [5.41, 5.74) is 1.31. The van der Waals surface area contributed by atoms with Crippen LogP contribution in [-0.2, 0) is 4.79 Å². The van der Waals surface area contributed by atoms with E-state index in [4.69, 9.17) is 0 Å². The molecule has 2 aliphatic rings. The fourth-order valence-electron chi connectivity index (χ4n) is 2.78. The summed E-state index contributed by atoms with van der Waals surface area (Å²) in [5, 5.41) is 0. The Labute approximate surface area is 92.3 Å². The maximum absolute atomic E-state index is 11.8. The standard InChI is InChI=1S/C13H21NO/c1-9-7-11-8-10(13(2,3)4)5-6-14(11)12(9)15/h7,10-11H,5-6,8H2,1-4H3. The number of rotatable bonds is 0. The van der Waals surface area contributed by atoms with Crippen molar-refractivity contribution in [2.45, 2.75) is 46.6 Å². The van der Waals surface area contributed by atoms with Gasteiger partial charge in [0, 0.05) is 12.1 Å². The number of carbonyl (C=O) groups is 1. The molecule has 0 radical (unpaired) electrons. The minimum Gasteiger partial charge on any atom is -0.332 e. The van der Waals surface area contributed by atoms with Gasteiger partial charge in [-0.3, -0.25) is 4.79 Å². The first-order chi connectivity index (χ1) is 6.89. The van der Waals surface area contributed by atoms with Crippen LogP contribution in [0.25, 0.3) is 0 Å². The topological polar surface area (TPSA) is 20.3 Å². The second-order valence-electron chi connectivity index (χ2n) is 6.00. The second kappa shape index (κ2) is 3.36. The first-order valence-corrected chi connectivity index (χ1v) is 5.89. The van der Waals surface area contributed by atoms with Gasteiger partial charge in [-0.25, -0.2) is 0 Å². The van der Waals surface area contributed by atoms with Gasteiger partial charge >= 0.3 is 0 Å². The summed E-state index contributed by atoms with van der Waals surface area (Å²) in [4.78, 5) is 13.8. The fourth-order valence-corrected chi connectivity index (χ4v) is 2.78. The van der Waals surface area contributed by atoms with Gasteiger partial charge in [-0.2, -0.15) is 0 Å². The van der Waals surface area contributed by atoms with Gasteiger partial charge in [0.05, 0.1) is 6.04 Å². The zero-order valence-corrected chi connectivity index (χ0v) is 10.2. The third-order valence-electron chi connectivity index (χ3n) is 3.91. The third-order valence-corrected chi connectivity index (χ3v) is 3.91. The molecule has 0 N–H and O–H groups in total. The molecule has 0 aliphatic carbocycles. The van der Waals surface area contributed by atoms with Crippen molar-refractivity contribution < 1.29 is 4.79 Å². The Hall–Kier alpha value is -0.790. The van der Waals surface area contributed by atoms with Gasteiger partial charge < -0.3 is 4.90 Å². The van der Waals surface area contributed by atoms with Crippen molar-refractivity contribution in [3.8, 4) is 0 Å². The minimum absolute atomic E-state index is 0.257. The monoisotopic (exact) mass is 207 g/mol.